The van der Waals surface area contributed by atoms with Gasteiger partial charge in [-0.05, 0) is 25.6 Å². The van der Waals surface area contributed by atoms with Crippen LogP contribution in [0, 0.1) is 0 Å². The minimum Gasteiger partial charge on any atom is -0.493 e. The molecule has 2 N–H and O–H groups in total. The van der Waals surface area contributed by atoms with Crippen molar-refractivity contribution < 1.29 is 5.11 Å². The number of piperazine rings is 1. The van der Waals surface area contributed by atoms with Crippen molar-refractivity contribution in [3.63, 3.8) is 0 Å². The fraction of sp³-hybridized carbons (Fsp3) is 0.421. The lowest BCUT2D eigenvalue weighted by Crippen LogP contribution is -2.44. The van der Waals surface area contributed by atoms with Gasteiger partial charge in [0.05, 0.1) is 5.56 Å². The summed E-state index contributed by atoms with van der Waals surface area (Å²) in [5.74, 6) is 0.916. The van der Waals surface area contributed by atoms with E-state index in [0.29, 0.717) is 17.3 Å². The minimum absolute atomic E-state index is 0.0455. The van der Waals surface area contributed by atoms with Crippen LogP contribution in [0.3, 0.4) is 0 Å². The Bertz CT molecular complexity index is 888. The van der Waals surface area contributed by atoms with Crippen LogP contribution in [0.25, 0.3) is 16.9 Å². The molecule has 0 atom stereocenters. The van der Waals surface area contributed by atoms with Gasteiger partial charge in [0.1, 0.15) is 0 Å². The fourth-order valence-electron chi connectivity index (χ4n) is 3.29. The van der Waals surface area contributed by atoms with E-state index in [1.165, 1.54) is 4.52 Å². The van der Waals surface area contributed by atoms with Gasteiger partial charge in [0.15, 0.2) is 0 Å². The zero-order chi connectivity index (χ0) is 18.6. The second-order valence-corrected chi connectivity index (χ2v) is 6.93. The highest BCUT2D eigenvalue weighted by atomic mass is 16.3. The molecule has 1 aliphatic heterocycles. The summed E-state index contributed by atoms with van der Waals surface area (Å²) < 4.78 is 1.38. The normalized spacial score (nSPS) is 16.0. The molecular formula is C19H25N7O. The van der Waals surface area contributed by atoms with Gasteiger partial charge in [-0.15, -0.1) is 5.10 Å². The van der Waals surface area contributed by atoms with Gasteiger partial charge in [0.2, 0.25) is 11.8 Å². The van der Waals surface area contributed by atoms with Crippen LogP contribution in [0.2, 0.25) is 0 Å². The van der Waals surface area contributed by atoms with Crippen molar-refractivity contribution in [2.75, 3.05) is 51.6 Å². The highest BCUT2D eigenvalue weighted by Crippen LogP contribution is 2.28. The van der Waals surface area contributed by atoms with E-state index in [9.17, 15) is 5.11 Å². The SMILES string of the molecule is CN1CCN(CCCNc2nc3ncc(-c4ccccc4)c(O)n3n2)CC1. The van der Waals surface area contributed by atoms with Crippen LogP contribution in [0.15, 0.2) is 36.5 Å². The Hall–Kier alpha value is -2.71. The molecule has 0 saturated carbocycles. The molecule has 0 aliphatic carbocycles. The van der Waals surface area contributed by atoms with E-state index in [2.05, 4.69) is 37.2 Å². The van der Waals surface area contributed by atoms with Crippen molar-refractivity contribution in [3.05, 3.63) is 36.5 Å². The average molecular weight is 367 g/mol. The van der Waals surface area contributed by atoms with Crippen LogP contribution in [0.5, 0.6) is 5.88 Å². The lowest BCUT2D eigenvalue weighted by molar-refractivity contribution is 0.154. The lowest BCUT2D eigenvalue weighted by atomic mass is 10.1. The van der Waals surface area contributed by atoms with E-state index < -0.39 is 0 Å². The van der Waals surface area contributed by atoms with Crippen molar-refractivity contribution in [1.82, 2.24) is 29.4 Å². The van der Waals surface area contributed by atoms with E-state index in [-0.39, 0.29) is 5.88 Å². The molecule has 0 radical (unpaired) electrons. The van der Waals surface area contributed by atoms with Crippen LogP contribution in [-0.4, -0.2) is 80.8 Å². The van der Waals surface area contributed by atoms with Gasteiger partial charge < -0.3 is 20.2 Å². The zero-order valence-electron chi connectivity index (χ0n) is 15.5. The van der Waals surface area contributed by atoms with Crippen molar-refractivity contribution in [2.24, 2.45) is 0 Å². The number of fused-ring (bicyclic) bond motifs is 1. The predicted molar refractivity (Wildman–Crippen MR) is 105 cm³/mol. The standard InChI is InChI=1S/C19H25N7O/c1-24-10-12-25(13-11-24)9-5-8-20-18-22-19-21-14-16(17(27)26(19)23-18)15-6-3-2-4-7-15/h2-4,6-7,14,27H,5,8-13H2,1H3,(H,20,23). The van der Waals surface area contributed by atoms with Crippen molar-refractivity contribution >= 4 is 11.7 Å². The largest absolute Gasteiger partial charge is 0.493 e. The lowest BCUT2D eigenvalue weighted by Gasteiger charge is -2.32. The third-order valence-corrected chi connectivity index (χ3v) is 4.96. The molecule has 3 aromatic rings. The van der Waals surface area contributed by atoms with Gasteiger partial charge in [-0.25, -0.2) is 4.98 Å². The number of hydrogen-bond donors (Lipinski definition) is 2. The average Bonchev–Trinajstić information content (AvgIpc) is 3.12. The number of likely N-dealkylation sites (N-methyl/N-ethyl adjacent to an activating group) is 1. The Labute approximate surface area is 158 Å². The topological polar surface area (TPSA) is 81.8 Å². The quantitative estimate of drug-likeness (QED) is 0.640. The minimum atomic E-state index is 0.0455. The Morgan fingerprint density at radius 3 is 2.67 bits per heavy atom. The van der Waals surface area contributed by atoms with Gasteiger partial charge in [0.25, 0.3) is 5.78 Å². The number of nitrogens with zero attached hydrogens (tertiary/aromatic N) is 6. The number of aromatic nitrogens is 4. The molecule has 1 fully saturated rings. The molecule has 27 heavy (non-hydrogen) atoms. The monoisotopic (exact) mass is 367 g/mol. The van der Waals surface area contributed by atoms with E-state index >= 15 is 0 Å². The number of rotatable bonds is 6. The summed E-state index contributed by atoms with van der Waals surface area (Å²) in [7, 11) is 2.17. The summed E-state index contributed by atoms with van der Waals surface area (Å²) in [6.07, 6.45) is 2.65. The maximum Gasteiger partial charge on any atom is 0.257 e. The van der Waals surface area contributed by atoms with Gasteiger partial charge in [-0.3, -0.25) is 0 Å². The molecule has 1 aromatic carbocycles. The van der Waals surface area contributed by atoms with Gasteiger partial charge in [-0.1, -0.05) is 30.3 Å². The first-order valence-electron chi connectivity index (χ1n) is 9.35. The molecule has 1 aliphatic rings. The van der Waals surface area contributed by atoms with Crippen LogP contribution in [0.1, 0.15) is 6.42 Å². The molecule has 0 spiro atoms. The van der Waals surface area contributed by atoms with Crippen molar-refractivity contribution in [3.8, 4) is 17.0 Å². The maximum atomic E-state index is 10.6. The molecule has 8 heteroatoms. The van der Waals surface area contributed by atoms with E-state index in [4.69, 9.17) is 0 Å². The molecule has 2 aromatic heterocycles. The van der Waals surface area contributed by atoms with Crippen LogP contribution >= 0.6 is 0 Å². The molecular weight excluding hydrogens is 342 g/mol. The Morgan fingerprint density at radius 1 is 1.11 bits per heavy atom. The molecule has 1 saturated heterocycles. The van der Waals surface area contributed by atoms with Crippen molar-refractivity contribution in [1.29, 1.82) is 0 Å². The fourth-order valence-corrected chi connectivity index (χ4v) is 3.29. The summed E-state index contributed by atoms with van der Waals surface area (Å²) in [6, 6.07) is 9.64. The molecule has 0 amide bonds. The number of aromatic hydroxyl groups is 1. The number of benzene rings is 1. The van der Waals surface area contributed by atoms with Gasteiger partial charge in [0, 0.05) is 38.9 Å². The summed E-state index contributed by atoms with van der Waals surface area (Å²) in [4.78, 5) is 13.5. The van der Waals surface area contributed by atoms with E-state index in [1.54, 1.807) is 6.20 Å². The number of nitrogens with one attached hydrogen (secondary N) is 1. The Kier molecular flexibility index (Phi) is 5.17. The number of anilines is 1. The number of hydrogen-bond acceptors (Lipinski definition) is 7. The van der Waals surface area contributed by atoms with Crippen LogP contribution in [0.4, 0.5) is 5.95 Å². The second kappa shape index (κ2) is 7.89. The molecule has 0 unspecified atom stereocenters. The molecule has 8 nitrogen and oxygen atoms in total. The van der Waals surface area contributed by atoms with Crippen LogP contribution < -0.4 is 5.32 Å². The van der Waals surface area contributed by atoms with E-state index in [1.807, 2.05) is 30.3 Å². The third kappa shape index (κ3) is 4.01. The predicted octanol–water partition coefficient (Wildman–Crippen LogP) is 1.55. The first kappa shape index (κ1) is 17.7. The second-order valence-electron chi connectivity index (χ2n) is 6.93. The Morgan fingerprint density at radius 2 is 1.89 bits per heavy atom. The zero-order valence-corrected chi connectivity index (χ0v) is 15.5. The van der Waals surface area contributed by atoms with Gasteiger partial charge in [-0.2, -0.15) is 9.50 Å². The smallest absolute Gasteiger partial charge is 0.257 e. The molecule has 142 valence electrons. The van der Waals surface area contributed by atoms with E-state index in [0.717, 1.165) is 51.3 Å². The highest BCUT2D eigenvalue weighted by molar-refractivity contribution is 5.68. The Balaban J connectivity index is 1.38. The first-order valence-corrected chi connectivity index (χ1v) is 9.35. The third-order valence-electron chi connectivity index (χ3n) is 4.96. The molecule has 4 rings (SSSR count). The molecule has 0 bridgehead atoms. The molecule has 3 heterocycles. The first-order chi connectivity index (χ1) is 13.2. The highest BCUT2D eigenvalue weighted by Gasteiger charge is 2.15. The van der Waals surface area contributed by atoms with Crippen LogP contribution in [-0.2, 0) is 0 Å². The summed E-state index contributed by atoms with van der Waals surface area (Å²) in [6.45, 7) is 6.38. The van der Waals surface area contributed by atoms with Gasteiger partial charge >= 0.3 is 0 Å². The van der Waals surface area contributed by atoms with Crippen molar-refractivity contribution in [2.45, 2.75) is 6.42 Å². The summed E-state index contributed by atoms with van der Waals surface area (Å²) in [5.41, 5.74) is 1.52. The summed E-state index contributed by atoms with van der Waals surface area (Å²) in [5, 5.41) is 18.2. The summed E-state index contributed by atoms with van der Waals surface area (Å²) >= 11 is 0. The maximum absolute atomic E-state index is 10.6.